The predicted molar refractivity (Wildman–Crippen MR) is 201 cm³/mol. The summed E-state index contributed by atoms with van der Waals surface area (Å²) in [5.74, 6) is 0.698. The number of hydrogen-bond acceptors (Lipinski definition) is 6. The monoisotopic (exact) mass is 681 g/mol. The Balaban J connectivity index is 4.35. The molecule has 0 aliphatic rings. The van der Waals surface area contributed by atoms with Crippen molar-refractivity contribution in [2.75, 3.05) is 13.2 Å². The standard InChI is InChI=1S/C42H80O6/c1-6-7-8-9-10-12-16-22-27-32-40(43)46-35-39(36-47-41(44)33-28-23-19-18-21-26-31-38(4)5)48-42(45)34-29-24-17-14-11-13-15-20-25-30-37(2)3/h37-39H,6-36H2,1-5H3/t39-/m0/s1. The second-order valence-corrected chi connectivity index (χ2v) is 15.2. The van der Waals surface area contributed by atoms with Gasteiger partial charge in [0.25, 0.3) is 0 Å². The van der Waals surface area contributed by atoms with Crippen LogP contribution < -0.4 is 0 Å². The molecule has 284 valence electrons. The van der Waals surface area contributed by atoms with E-state index in [-0.39, 0.29) is 31.1 Å². The number of rotatable bonds is 36. The maximum atomic E-state index is 12.6. The molecule has 0 amide bonds. The molecule has 0 N–H and O–H groups in total. The van der Waals surface area contributed by atoms with E-state index in [2.05, 4.69) is 34.6 Å². The molecule has 0 rings (SSSR count). The highest BCUT2D eigenvalue weighted by Crippen LogP contribution is 2.16. The van der Waals surface area contributed by atoms with Crippen molar-refractivity contribution in [2.45, 2.75) is 227 Å². The van der Waals surface area contributed by atoms with E-state index in [9.17, 15) is 14.4 Å². The van der Waals surface area contributed by atoms with Crippen molar-refractivity contribution in [3.05, 3.63) is 0 Å². The number of ether oxygens (including phenoxy) is 3. The molecule has 0 aliphatic heterocycles. The topological polar surface area (TPSA) is 78.9 Å². The van der Waals surface area contributed by atoms with Crippen molar-refractivity contribution < 1.29 is 28.6 Å². The SMILES string of the molecule is CCCCCCCCCCCC(=O)OC[C@@H](COC(=O)CCCCCCCCC(C)C)OC(=O)CCCCCCCCCCCC(C)C. The van der Waals surface area contributed by atoms with E-state index in [1.165, 1.54) is 109 Å². The van der Waals surface area contributed by atoms with Crippen molar-refractivity contribution in [3.8, 4) is 0 Å². The van der Waals surface area contributed by atoms with Crippen LogP contribution >= 0.6 is 0 Å². The van der Waals surface area contributed by atoms with Gasteiger partial charge in [0.05, 0.1) is 0 Å². The average Bonchev–Trinajstić information content (AvgIpc) is 3.05. The molecule has 1 atom stereocenters. The Morgan fingerprint density at radius 2 is 0.688 bits per heavy atom. The van der Waals surface area contributed by atoms with Gasteiger partial charge < -0.3 is 14.2 Å². The van der Waals surface area contributed by atoms with Gasteiger partial charge in [-0.05, 0) is 31.1 Å². The number of unbranched alkanes of at least 4 members (excludes halogenated alkanes) is 21. The van der Waals surface area contributed by atoms with Gasteiger partial charge in [-0.15, -0.1) is 0 Å². The fraction of sp³-hybridized carbons (Fsp3) is 0.929. The first kappa shape index (κ1) is 46.4. The first-order valence-electron chi connectivity index (χ1n) is 20.7. The summed E-state index contributed by atoms with van der Waals surface area (Å²) in [5, 5.41) is 0. The van der Waals surface area contributed by atoms with E-state index in [0.29, 0.717) is 19.3 Å². The minimum atomic E-state index is -0.759. The molecular weight excluding hydrogens is 600 g/mol. The quantitative estimate of drug-likeness (QED) is 0.0372. The maximum Gasteiger partial charge on any atom is 0.306 e. The van der Waals surface area contributed by atoms with Crippen LogP contribution in [0.4, 0.5) is 0 Å². The second kappa shape index (κ2) is 35.2. The summed E-state index contributed by atoms with van der Waals surface area (Å²) in [5.41, 5.74) is 0. The first-order valence-corrected chi connectivity index (χ1v) is 20.7. The van der Waals surface area contributed by atoms with Crippen LogP contribution in [0, 0.1) is 11.8 Å². The van der Waals surface area contributed by atoms with Crippen molar-refractivity contribution >= 4 is 17.9 Å². The maximum absolute atomic E-state index is 12.6. The molecule has 0 saturated heterocycles. The Labute approximate surface area is 298 Å². The molecule has 0 aromatic heterocycles. The highest BCUT2D eigenvalue weighted by Gasteiger charge is 2.19. The minimum absolute atomic E-state index is 0.0666. The molecule has 0 radical (unpaired) electrons. The van der Waals surface area contributed by atoms with E-state index >= 15 is 0 Å². The van der Waals surface area contributed by atoms with Crippen LogP contribution in [0.3, 0.4) is 0 Å². The summed E-state index contributed by atoms with van der Waals surface area (Å²) in [7, 11) is 0. The highest BCUT2D eigenvalue weighted by atomic mass is 16.6. The second-order valence-electron chi connectivity index (χ2n) is 15.2. The molecule has 48 heavy (non-hydrogen) atoms. The Kier molecular flexibility index (Phi) is 34.1. The predicted octanol–water partition coefficient (Wildman–Crippen LogP) is 12.6. The average molecular weight is 681 g/mol. The first-order chi connectivity index (χ1) is 23.2. The summed E-state index contributed by atoms with van der Waals surface area (Å²) in [6.07, 6.45) is 31.0. The molecule has 0 spiro atoms. The summed E-state index contributed by atoms with van der Waals surface area (Å²) in [6.45, 7) is 11.2. The van der Waals surface area contributed by atoms with Crippen molar-refractivity contribution in [1.29, 1.82) is 0 Å². The summed E-state index contributed by atoms with van der Waals surface area (Å²) >= 11 is 0. The van der Waals surface area contributed by atoms with Crippen LogP contribution in [-0.2, 0) is 28.6 Å². The highest BCUT2D eigenvalue weighted by molar-refractivity contribution is 5.71. The Morgan fingerprint density at radius 1 is 0.396 bits per heavy atom. The number of esters is 3. The lowest BCUT2D eigenvalue weighted by atomic mass is 10.0. The molecule has 6 heteroatoms. The molecule has 0 aliphatic carbocycles. The summed E-state index contributed by atoms with van der Waals surface area (Å²) < 4.78 is 16.6. The van der Waals surface area contributed by atoms with Crippen molar-refractivity contribution in [1.82, 2.24) is 0 Å². The van der Waals surface area contributed by atoms with Crippen LogP contribution in [0.2, 0.25) is 0 Å². The molecule has 0 fully saturated rings. The molecule has 0 saturated carbocycles. The van der Waals surface area contributed by atoms with E-state index < -0.39 is 6.10 Å². The van der Waals surface area contributed by atoms with Crippen LogP contribution in [0.15, 0.2) is 0 Å². The largest absolute Gasteiger partial charge is 0.462 e. The molecular formula is C42H80O6. The van der Waals surface area contributed by atoms with Gasteiger partial charge in [0.2, 0.25) is 0 Å². The Bertz CT molecular complexity index is 734. The van der Waals surface area contributed by atoms with E-state index in [4.69, 9.17) is 14.2 Å². The molecule has 6 nitrogen and oxygen atoms in total. The Morgan fingerprint density at radius 3 is 1.02 bits per heavy atom. The molecule has 0 heterocycles. The van der Waals surface area contributed by atoms with E-state index in [1.54, 1.807) is 0 Å². The van der Waals surface area contributed by atoms with Crippen LogP contribution in [0.5, 0.6) is 0 Å². The number of carbonyl (C=O) groups excluding carboxylic acids is 3. The van der Waals surface area contributed by atoms with Gasteiger partial charge in [-0.1, -0.05) is 182 Å². The van der Waals surface area contributed by atoms with Gasteiger partial charge in [0, 0.05) is 19.3 Å². The summed E-state index contributed by atoms with van der Waals surface area (Å²) in [6, 6.07) is 0. The van der Waals surface area contributed by atoms with Gasteiger partial charge >= 0.3 is 17.9 Å². The van der Waals surface area contributed by atoms with Crippen LogP contribution in [0.25, 0.3) is 0 Å². The van der Waals surface area contributed by atoms with Gasteiger partial charge in [-0.3, -0.25) is 14.4 Å². The minimum Gasteiger partial charge on any atom is -0.462 e. The lowest BCUT2D eigenvalue weighted by Crippen LogP contribution is -2.30. The van der Waals surface area contributed by atoms with Crippen LogP contribution in [0.1, 0.15) is 221 Å². The normalized spacial score (nSPS) is 12.1. The number of hydrogen-bond donors (Lipinski definition) is 0. The lowest BCUT2D eigenvalue weighted by molar-refractivity contribution is -0.167. The molecule has 0 aromatic rings. The smallest absolute Gasteiger partial charge is 0.306 e. The fourth-order valence-electron chi connectivity index (χ4n) is 6.05. The zero-order valence-corrected chi connectivity index (χ0v) is 32.6. The number of carbonyl (C=O) groups is 3. The van der Waals surface area contributed by atoms with E-state index in [1.807, 2.05) is 0 Å². The van der Waals surface area contributed by atoms with Gasteiger partial charge in [-0.2, -0.15) is 0 Å². The van der Waals surface area contributed by atoms with Crippen molar-refractivity contribution in [2.24, 2.45) is 11.8 Å². The third kappa shape index (κ3) is 35.7. The van der Waals surface area contributed by atoms with Gasteiger partial charge in [0.15, 0.2) is 6.10 Å². The van der Waals surface area contributed by atoms with Crippen LogP contribution in [-0.4, -0.2) is 37.2 Å². The third-order valence-electron chi connectivity index (χ3n) is 9.22. The zero-order valence-electron chi connectivity index (χ0n) is 32.6. The zero-order chi connectivity index (χ0) is 35.5. The molecule has 0 aromatic carbocycles. The molecule has 0 bridgehead atoms. The summed E-state index contributed by atoms with van der Waals surface area (Å²) in [4.78, 5) is 37.5. The third-order valence-corrected chi connectivity index (χ3v) is 9.22. The van der Waals surface area contributed by atoms with Gasteiger partial charge in [0.1, 0.15) is 13.2 Å². The molecule has 0 unspecified atom stereocenters. The Hall–Kier alpha value is -1.59. The van der Waals surface area contributed by atoms with E-state index in [0.717, 1.165) is 69.6 Å². The fourth-order valence-corrected chi connectivity index (χ4v) is 6.05. The van der Waals surface area contributed by atoms with Gasteiger partial charge in [-0.25, -0.2) is 0 Å². The lowest BCUT2D eigenvalue weighted by Gasteiger charge is -2.18. The van der Waals surface area contributed by atoms with Crippen molar-refractivity contribution in [3.63, 3.8) is 0 Å².